The third-order valence-corrected chi connectivity index (χ3v) is 5.27. The first-order valence-corrected chi connectivity index (χ1v) is 9.67. The van der Waals surface area contributed by atoms with Crippen molar-refractivity contribution >= 4 is 35.0 Å². The Morgan fingerprint density at radius 1 is 1.00 bits per heavy atom. The van der Waals surface area contributed by atoms with Gasteiger partial charge >= 0.3 is 0 Å². The van der Waals surface area contributed by atoms with Crippen LogP contribution in [0.5, 0.6) is 0 Å². The van der Waals surface area contributed by atoms with E-state index < -0.39 is 0 Å². The van der Waals surface area contributed by atoms with Crippen molar-refractivity contribution in [1.29, 1.82) is 0 Å². The molecule has 0 bridgehead atoms. The quantitative estimate of drug-likeness (QED) is 0.881. The van der Waals surface area contributed by atoms with Gasteiger partial charge in [0.25, 0.3) is 0 Å². The summed E-state index contributed by atoms with van der Waals surface area (Å²) in [6.07, 6.45) is 0.376. The van der Waals surface area contributed by atoms with Gasteiger partial charge in [-0.1, -0.05) is 35.9 Å². The van der Waals surface area contributed by atoms with E-state index in [4.69, 9.17) is 11.6 Å². The highest BCUT2D eigenvalue weighted by molar-refractivity contribution is 7.99. The van der Waals surface area contributed by atoms with E-state index in [-0.39, 0.29) is 5.91 Å². The maximum atomic E-state index is 12.0. The number of nitrogens with zero attached hydrogens (tertiary/aromatic N) is 1. The molecule has 5 heteroatoms. The van der Waals surface area contributed by atoms with Crippen molar-refractivity contribution in [3.8, 4) is 0 Å². The summed E-state index contributed by atoms with van der Waals surface area (Å²) >= 11 is 7.87. The Bertz CT molecular complexity index is 667. The number of halogens is 1. The van der Waals surface area contributed by atoms with Crippen LogP contribution in [0, 0.1) is 0 Å². The van der Waals surface area contributed by atoms with E-state index in [1.165, 1.54) is 17.2 Å². The van der Waals surface area contributed by atoms with E-state index in [2.05, 4.69) is 34.5 Å². The summed E-state index contributed by atoms with van der Waals surface area (Å²) < 4.78 is 0. The topological polar surface area (TPSA) is 32.3 Å². The number of anilines is 1. The zero-order chi connectivity index (χ0) is 16.8. The Balaban J connectivity index is 1.49. The smallest absolute Gasteiger partial charge is 0.224 e. The molecule has 0 spiro atoms. The van der Waals surface area contributed by atoms with Gasteiger partial charge in [-0.3, -0.25) is 4.79 Å². The minimum absolute atomic E-state index is 0.0226. The van der Waals surface area contributed by atoms with Crippen LogP contribution >= 0.6 is 23.4 Å². The molecule has 0 radical (unpaired) electrons. The molecule has 1 N–H and O–H groups in total. The third kappa shape index (κ3) is 4.92. The fourth-order valence-electron chi connectivity index (χ4n) is 2.70. The van der Waals surface area contributed by atoms with Crippen LogP contribution < -0.4 is 10.2 Å². The van der Waals surface area contributed by atoms with Crippen molar-refractivity contribution in [3.63, 3.8) is 0 Å². The fourth-order valence-corrected chi connectivity index (χ4v) is 3.73. The minimum atomic E-state index is 0.0226. The van der Waals surface area contributed by atoms with E-state index in [0.717, 1.165) is 24.2 Å². The van der Waals surface area contributed by atoms with Gasteiger partial charge in [0.2, 0.25) is 5.91 Å². The molecular formula is C19H21ClN2OS. The van der Waals surface area contributed by atoms with Crippen molar-refractivity contribution in [1.82, 2.24) is 5.32 Å². The molecule has 3 nitrogen and oxygen atoms in total. The van der Waals surface area contributed by atoms with Crippen LogP contribution in [0.1, 0.15) is 11.1 Å². The molecule has 126 valence electrons. The summed E-state index contributed by atoms with van der Waals surface area (Å²) in [7, 11) is 0. The molecular weight excluding hydrogens is 340 g/mol. The van der Waals surface area contributed by atoms with Crippen molar-refractivity contribution in [2.75, 3.05) is 29.5 Å². The summed E-state index contributed by atoms with van der Waals surface area (Å²) in [5.41, 5.74) is 3.36. The van der Waals surface area contributed by atoms with Crippen LogP contribution in [0.2, 0.25) is 5.02 Å². The molecule has 0 aliphatic carbocycles. The minimum Gasteiger partial charge on any atom is -0.370 e. The predicted molar refractivity (Wildman–Crippen MR) is 103 cm³/mol. The Kier molecular flexibility index (Phi) is 6.05. The standard InChI is InChI=1S/C19H21ClN2OS/c20-17-5-1-15(2-6-17)13-19(23)21-14-16-3-7-18(8-4-16)22-9-11-24-12-10-22/h1-8H,9-14H2,(H,21,23). The molecule has 1 saturated heterocycles. The molecule has 3 rings (SSSR count). The number of nitrogens with one attached hydrogen (secondary N) is 1. The lowest BCUT2D eigenvalue weighted by molar-refractivity contribution is -0.120. The fraction of sp³-hybridized carbons (Fsp3) is 0.316. The SMILES string of the molecule is O=C(Cc1ccc(Cl)cc1)NCc1ccc(N2CCSCC2)cc1. The van der Waals surface area contributed by atoms with Gasteiger partial charge < -0.3 is 10.2 Å². The maximum Gasteiger partial charge on any atom is 0.224 e. The first-order chi connectivity index (χ1) is 11.7. The number of hydrogen-bond acceptors (Lipinski definition) is 3. The highest BCUT2D eigenvalue weighted by Crippen LogP contribution is 2.19. The maximum absolute atomic E-state index is 12.0. The van der Waals surface area contributed by atoms with Crippen LogP contribution in [-0.4, -0.2) is 30.5 Å². The van der Waals surface area contributed by atoms with Gasteiger partial charge in [0.15, 0.2) is 0 Å². The van der Waals surface area contributed by atoms with Crippen LogP contribution in [0.25, 0.3) is 0 Å². The summed E-state index contributed by atoms with van der Waals surface area (Å²) in [6.45, 7) is 2.78. The van der Waals surface area contributed by atoms with Crippen LogP contribution in [0.4, 0.5) is 5.69 Å². The van der Waals surface area contributed by atoms with Gasteiger partial charge in [-0.2, -0.15) is 11.8 Å². The lowest BCUT2D eigenvalue weighted by atomic mass is 10.1. The summed E-state index contributed by atoms with van der Waals surface area (Å²) in [5, 5.41) is 3.66. The number of amides is 1. The molecule has 24 heavy (non-hydrogen) atoms. The lowest BCUT2D eigenvalue weighted by Crippen LogP contribution is -2.32. The van der Waals surface area contributed by atoms with Gasteiger partial charge in [-0.25, -0.2) is 0 Å². The zero-order valence-electron chi connectivity index (χ0n) is 13.5. The van der Waals surface area contributed by atoms with Gasteiger partial charge in [0.1, 0.15) is 0 Å². The molecule has 1 amide bonds. The molecule has 2 aromatic rings. The van der Waals surface area contributed by atoms with Gasteiger partial charge in [-0.05, 0) is 35.4 Å². The average Bonchev–Trinajstić information content (AvgIpc) is 2.63. The number of thioether (sulfide) groups is 1. The second kappa shape index (κ2) is 8.45. The Morgan fingerprint density at radius 2 is 1.62 bits per heavy atom. The van der Waals surface area contributed by atoms with Crippen molar-refractivity contribution in [3.05, 3.63) is 64.7 Å². The van der Waals surface area contributed by atoms with Crippen molar-refractivity contribution < 1.29 is 4.79 Å². The molecule has 0 unspecified atom stereocenters. The van der Waals surface area contributed by atoms with E-state index in [1.54, 1.807) is 0 Å². The molecule has 0 saturated carbocycles. The van der Waals surface area contributed by atoms with Gasteiger partial charge in [0.05, 0.1) is 6.42 Å². The predicted octanol–water partition coefficient (Wildman–Crippen LogP) is 3.75. The Morgan fingerprint density at radius 3 is 2.29 bits per heavy atom. The second-order valence-electron chi connectivity index (χ2n) is 5.85. The Labute approximate surface area is 152 Å². The van der Waals surface area contributed by atoms with E-state index in [1.807, 2.05) is 36.0 Å². The first kappa shape index (κ1) is 17.2. The largest absolute Gasteiger partial charge is 0.370 e. The Hall–Kier alpha value is -1.65. The lowest BCUT2D eigenvalue weighted by Gasteiger charge is -2.28. The molecule has 2 aromatic carbocycles. The summed E-state index contributed by atoms with van der Waals surface area (Å²) in [5.74, 6) is 2.42. The zero-order valence-corrected chi connectivity index (χ0v) is 15.1. The van der Waals surface area contributed by atoms with Crippen LogP contribution in [0.15, 0.2) is 48.5 Å². The number of carbonyl (C=O) groups excluding carboxylic acids is 1. The van der Waals surface area contributed by atoms with E-state index in [0.29, 0.717) is 18.0 Å². The molecule has 1 heterocycles. The monoisotopic (exact) mass is 360 g/mol. The number of carbonyl (C=O) groups is 1. The van der Waals surface area contributed by atoms with Crippen molar-refractivity contribution in [2.24, 2.45) is 0 Å². The molecule has 0 aromatic heterocycles. The summed E-state index contributed by atoms with van der Waals surface area (Å²) in [4.78, 5) is 14.4. The molecule has 1 aliphatic heterocycles. The van der Waals surface area contributed by atoms with Crippen LogP contribution in [-0.2, 0) is 17.8 Å². The third-order valence-electron chi connectivity index (χ3n) is 4.08. The number of benzene rings is 2. The average molecular weight is 361 g/mol. The van der Waals surface area contributed by atoms with Gasteiger partial charge in [0, 0.05) is 41.8 Å². The van der Waals surface area contributed by atoms with Crippen LogP contribution in [0.3, 0.4) is 0 Å². The number of rotatable bonds is 5. The van der Waals surface area contributed by atoms with Crippen molar-refractivity contribution in [2.45, 2.75) is 13.0 Å². The normalized spacial score (nSPS) is 14.5. The number of hydrogen-bond donors (Lipinski definition) is 1. The van der Waals surface area contributed by atoms with Gasteiger partial charge in [-0.15, -0.1) is 0 Å². The highest BCUT2D eigenvalue weighted by atomic mass is 35.5. The van der Waals surface area contributed by atoms with E-state index in [9.17, 15) is 4.79 Å². The molecule has 0 atom stereocenters. The molecule has 1 aliphatic rings. The first-order valence-electron chi connectivity index (χ1n) is 8.13. The summed E-state index contributed by atoms with van der Waals surface area (Å²) in [6, 6.07) is 15.9. The highest BCUT2D eigenvalue weighted by Gasteiger charge is 2.11. The van der Waals surface area contributed by atoms with E-state index >= 15 is 0 Å². The second-order valence-corrected chi connectivity index (χ2v) is 7.51. The molecule has 1 fully saturated rings.